The van der Waals surface area contributed by atoms with Gasteiger partial charge in [0.1, 0.15) is 34.4 Å². The number of likely N-dealkylation sites (tertiary alicyclic amines) is 1. The molecule has 0 unspecified atom stereocenters. The van der Waals surface area contributed by atoms with Gasteiger partial charge in [0.2, 0.25) is 5.91 Å². The normalized spacial score (nSPS) is 21.0. The van der Waals surface area contributed by atoms with E-state index in [2.05, 4.69) is 5.32 Å². The van der Waals surface area contributed by atoms with Gasteiger partial charge in [-0.2, -0.15) is 0 Å². The number of hydrogen-bond acceptors (Lipinski definition) is 6. The topological polar surface area (TPSA) is 84.2 Å². The zero-order chi connectivity index (χ0) is 23.7. The van der Waals surface area contributed by atoms with E-state index in [0.717, 1.165) is 22.1 Å². The number of nitrogens with zero attached hydrogens (tertiary/aromatic N) is 1. The van der Waals surface area contributed by atoms with Crippen molar-refractivity contribution in [3.8, 4) is 11.5 Å². The van der Waals surface area contributed by atoms with Crippen LogP contribution >= 0.6 is 0 Å². The van der Waals surface area contributed by atoms with E-state index in [1.165, 1.54) is 0 Å². The zero-order valence-electron chi connectivity index (χ0n) is 19.3. The number of fused-ring (bicyclic) bond motifs is 3. The number of benzene rings is 3. The van der Waals surface area contributed by atoms with Crippen molar-refractivity contribution in [3.05, 3.63) is 66.7 Å². The highest BCUT2D eigenvalue weighted by atomic mass is 16.5. The molecule has 1 fully saturated rings. The van der Waals surface area contributed by atoms with Crippen LogP contribution in [0.5, 0.6) is 11.5 Å². The number of nitrogens with one attached hydrogen (secondary N) is 1. The smallest absolute Gasteiger partial charge is 0.238 e. The van der Waals surface area contributed by atoms with Gasteiger partial charge in [-0.15, -0.1) is 0 Å². The first-order valence-corrected chi connectivity index (χ1v) is 11.4. The van der Waals surface area contributed by atoms with Gasteiger partial charge < -0.3 is 24.3 Å². The van der Waals surface area contributed by atoms with Gasteiger partial charge in [-0.25, -0.2) is 0 Å². The number of β-amino-alcohol motifs (C(OH)–C–C–N with tert-alkyl or cyclic N) is 1. The monoisotopic (exact) mass is 460 g/mol. The molecule has 1 aromatic heterocycles. The Kier molecular flexibility index (Phi) is 5.89. The quantitative estimate of drug-likeness (QED) is 0.443. The third-order valence-electron chi connectivity index (χ3n) is 6.31. The number of ether oxygens (including phenoxy) is 2. The number of rotatable bonds is 6. The van der Waals surface area contributed by atoms with E-state index in [0.29, 0.717) is 36.5 Å². The molecule has 1 aliphatic rings. The van der Waals surface area contributed by atoms with Crippen LogP contribution < -0.4 is 14.8 Å². The number of anilines is 1. The molecule has 0 spiro atoms. The molecule has 176 valence electrons. The number of carbonyl (C=O) groups is 1. The fourth-order valence-corrected chi connectivity index (χ4v) is 4.64. The number of amides is 1. The zero-order valence-corrected chi connectivity index (χ0v) is 19.3. The molecule has 4 aromatic rings. The first-order valence-electron chi connectivity index (χ1n) is 11.4. The standard InChI is InChI=1S/C27H28N2O5/c1-27(31)17-29(13-12-25(27)33-18-8-4-3-5-9-18)16-26(30)28-21-15-23-20(14-24(21)32-2)19-10-6-7-11-22(19)34-23/h3-11,14-15,25,31H,12-13,16-17H2,1-2H3,(H,28,30)/t25-,27-/m0/s1. The molecule has 2 atom stereocenters. The van der Waals surface area contributed by atoms with Crippen molar-refractivity contribution in [3.63, 3.8) is 0 Å². The lowest BCUT2D eigenvalue weighted by molar-refractivity contribution is -0.123. The Labute approximate surface area is 197 Å². The molecule has 2 N–H and O–H groups in total. The number of para-hydroxylation sites is 2. The molecule has 1 amide bonds. The van der Waals surface area contributed by atoms with E-state index in [9.17, 15) is 9.90 Å². The van der Waals surface area contributed by atoms with Crippen molar-refractivity contribution >= 4 is 33.5 Å². The van der Waals surface area contributed by atoms with E-state index in [4.69, 9.17) is 13.9 Å². The number of piperidine rings is 1. The van der Waals surface area contributed by atoms with Gasteiger partial charge in [0.05, 0.1) is 19.3 Å². The molecule has 7 nitrogen and oxygen atoms in total. The molecule has 0 aliphatic carbocycles. The maximum atomic E-state index is 12.9. The number of methoxy groups -OCH3 is 1. The third kappa shape index (κ3) is 4.44. The Balaban J connectivity index is 1.26. The van der Waals surface area contributed by atoms with Gasteiger partial charge in [0, 0.05) is 29.9 Å². The minimum Gasteiger partial charge on any atom is -0.495 e. The van der Waals surface area contributed by atoms with Crippen LogP contribution in [0.4, 0.5) is 5.69 Å². The molecular formula is C27H28N2O5. The summed E-state index contributed by atoms with van der Waals surface area (Å²) < 4.78 is 17.5. The Bertz CT molecular complexity index is 1310. The van der Waals surface area contributed by atoms with Gasteiger partial charge in [-0.3, -0.25) is 9.69 Å². The van der Waals surface area contributed by atoms with E-state index in [1.807, 2.05) is 65.6 Å². The van der Waals surface area contributed by atoms with Crippen molar-refractivity contribution in [1.29, 1.82) is 0 Å². The SMILES string of the molecule is COc1cc2c(cc1NC(=O)CN1CC[C@H](Oc3ccccc3)[C@@](C)(O)C1)oc1ccccc12. The largest absolute Gasteiger partial charge is 0.495 e. The van der Waals surface area contributed by atoms with Crippen molar-refractivity contribution in [2.24, 2.45) is 0 Å². The van der Waals surface area contributed by atoms with Gasteiger partial charge in [0.15, 0.2) is 0 Å². The Morgan fingerprint density at radius 1 is 1.12 bits per heavy atom. The molecule has 1 aliphatic heterocycles. The predicted octanol–water partition coefficient (Wildman–Crippen LogP) is 4.44. The minimum atomic E-state index is -1.08. The van der Waals surface area contributed by atoms with Crippen LogP contribution in [0.15, 0.2) is 71.1 Å². The second-order valence-electron chi connectivity index (χ2n) is 8.97. The first-order chi connectivity index (χ1) is 16.4. The van der Waals surface area contributed by atoms with Crippen molar-refractivity contribution in [1.82, 2.24) is 4.90 Å². The molecule has 1 saturated heterocycles. The fraction of sp³-hybridized carbons (Fsp3) is 0.296. The summed E-state index contributed by atoms with van der Waals surface area (Å²) in [7, 11) is 1.58. The average Bonchev–Trinajstić information content (AvgIpc) is 3.18. The summed E-state index contributed by atoms with van der Waals surface area (Å²) in [4.78, 5) is 14.8. The second-order valence-corrected chi connectivity index (χ2v) is 8.97. The second kappa shape index (κ2) is 9.00. The van der Waals surface area contributed by atoms with Crippen LogP contribution in [0.25, 0.3) is 21.9 Å². The van der Waals surface area contributed by atoms with Gasteiger partial charge in [0.25, 0.3) is 0 Å². The van der Waals surface area contributed by atoms with Crippen molar-refractivity contribution in [2.45, 2.75) is 25.0 Å². The molecule has 0 bridgehead atoms. The van der Waals surface area contributed by atoms with Crippen LogP contribution in [0.1, 0.15) is 13.3 Å². The third-order valence-corrected chi connectivity index (χ3v) is 6.31. The Morgan fingerprint density at radius 3 is 2.65 bits per heavy atom. The van der Waals surface area contributed by atoms with E-state index in [-0.39, 0.29) is 18.6 Å². The molecule has 5 rings (SSSR count). The van der Waals surface area contributed by atoms with Crippen LogP contribution in [0.3, 0.4) is 0 Å². The number of hydrogen-bond donors (Lipinski definition) is 2. The summed E-state index contributed by atoms with van der Waals surface area (Å²) in [6, 6.07) is 21.0. The summed E-state index contributed by atoms with van der Waals surface area (Å²) >= 11 is 0. The minimum absolute atomic E-state index is 0.148. The molecule has 2 heterocycles. The highest BCUT2D eigenvalue weighted by molar-refractivity contribution is 6.07. The lowest BCUT2D eigenvalue weighted by Crippen LogP contribution is -2.58. The molecule has 34 heavy (non-hydrogen) atoms. The highest BCUT2D eigenvalue weighted by Gasteiger charge is 2.40. The molecular weight excluding hydrogens is 432 g/mol. The summed E-state index contributed by atoms with van der Waals surface area (Å²) in [5.74, 6) is 1.11. The van der Waals surface area contributed by atoms with Crippen molar-refractivity contribution in [2.75, 3.05) is 32.1 Å². The first kappa shape index (κ1) is 22.3. The van der Waals surface area contributed by atoms with E-state index in [1.54, 1.807) is 20.1 Å². The number of furan rings is 1. The van der Waals surface area contributed by atoms with E-state index >= 15 is 0 Å². The van der Waals surface area contributed by atoms with Gasteiger partial charge >= 0.3 is 0 Å². The molecule has 3 aromatic carbocycles. The number of aliphatic hydroxyl groups is 1. The van der Waals surface area contributed by atoms with Gasteiger partial charge in [-0.1, -0.05) is 36.4 Å². The lowest BCUT2D eigenvalue weighted by atomic mass is 9.91. The Hall–Kier alpha value is -3.55. The van der Waals surface area contributed by atoms with Crippen LogP contribution in [-0.2, 0) is 4.79 Å². The van der Waals surface area contributed by atoms with Crippen molar-refractivity contribution < 1.29 is 23.8 Å². The molecule has 0 radical (unpaired) electrons. The van der Waals surface area contributed by atoms with Gasteiger partial charge in [-0.05, 0) is 37.6 Å². The average molecular weight is 461 g/mol. The van der Waals surface area contributed by atoms with Crippen LogP contribution in [0, 0.1) is 0 Å². The maximum absolute atomic E-state index is 12.9. The Morgan fingerprint density at radius 2 is 1.88 bits per heavy atom. The summed E-state index contributed by atoms with van der Waals surface area (Å²) in [6.07, 6.45) is 0.272. The maximum Gasteiger partial charge on any atom is 0.238 e. The highest BCUT2D eigenvalue weighted by Crippen LogP contribution is 2.36. The summed E-state index contributed by atoms with van der Waals surface area (Å²) in [5.41, 5.74) is 0.928. The van der Waals surface area contributed by atoms with Crippen LogP contribution in [0.2, 0.25) is 0 Å². The summed E-state index contributed by atoms with van der Waals surface area (Å²) in [6.45, 7) is 2.87. The predicted molar refractivity (Wildman–Crippen MR) is 131 cm³/mol. The van der Waals surface area contributed by atoms with E-state index < -0.39 is 5.60 Å². The fourth-order valence-electron chi connectivity index (χ4n) is 4.64. The molecule has 0 saturated carbocycles. The lowest BCUT2D eigenvalue weighted by Gasteiger charge is -2.42. The van der Waals surface area contributed by atoms with Crippen LogP contribution in [-0.4, -0.2) is 54.4 Å². The molecule has 7 heteroatoms. The number of carbonyl (C=O) groups excluding carboxylic acids is 1. The summed E-state index contributed by atoms with van der Waals surface area (Å²) in [5, 5.41) is 15.9.